The summed E-state index contributed by atoms with van der Waals surface area (Å²) in [4.78, 5) is 2.48. The summed E-state index contributed by atoms with van der Waals surface area (Å²) >= 11 is 0. The maximum Gasteiger partial charge on any atom is 0.0195 e. The molecule has 0 radical (unpaired) electrons. The maximum absolute atomic E-state index is 3.63. The molecule has 64 valence electrons. The van der Waals surface area contributed by atoms with E-state index < -0.39 is 0 Å². The highest BCUT2D eigenvalue weighted by molar-refractivity contribution is 4.83. The average Bonchev–Trinajstić information content (AvgIpc) is 2.19. The minimum atomic E-state index is 0.785. The normalized spacial score (nSPS) is 40.1. The van der Waals surface area contributed by atoms with E-state index in [1.165, 1.54) is 38.9 Å². The first-order valence-corrected chi connectivity index (χ1v) is 4.76. The molecule has 0 saturated carbocycles. The molecule has 2 unspecified atom stereocenters. The Bertz CT molecular complexity index is 122. The molecule has 0 aromatic carbocycles. The number of likely N-dealkylation sites (N-methyl/N-ethyl adjacent to an activating group) is 1. The molecule has 0 spiro atoms. The predicted molar refractivity (Wildman–Crippen MR) is 46.6 cm³/mol. The largest absolute Gasteiger partial charge is 0.312 e. The lowest BCUT2D eigenvalue weighted by molar-refractivity contribution is 0.261. The van der Waals surface area contributed by atoms with Crippen LogP contribution in [0.2, 0.25) is 0 Å². The number of hydrogen-bond acceptors (Lipinski definition) is 2. The number of nitrogens with one attached hydrogen (secondary N) is 1. The maximum atomic E-state index is 3.63. The first-order chi connectivity index (χ1) is 5.34. The van der Waals surface area contributed by atoms with Gasteiger partial charge in [0.1, 0.15) is 0 Å². The van der Waals surface area contributed by atoms with Crippen LogP contribution in [-0.2, 0) is 0 Å². The fraction of sp³-hybridized carbons (Fsp3) is 1.00. The Morgan fingerprint density at radius 2 is 2.18 bits per heavy atom. The molecule has 0 amide bonds. The van der Waals surface area contributed by atoms with E-state index in [0.29, 0.717) is 0 Å². The number of hydrogen-bond donors (Lipinski definition) is 1. The van der Waals surface area contributed by atoms with Gasteiger partial charge in [0, 0.05) is 19.1 Å². The summed E-state index contributed by atoms with van der Waals surface area (Å²) in [7, 11) is 2.25. The summed E-state index contributed by atoms with van der Waals surface area (Å²) in [6, 6.07) is 0.785. The number of fused-ring (bicyclic) bond motifs is 3. The van der Waals surface area contributed by atoms with Crippen LogP contribution in [0.3, 0.4) is 0 Å². The minimum Gasteiger partial charge on any atom is -0.312 e. The molecule has 0 aliphatic carbocycles. The van der Waals surface area contributed by atoms with Gasteiger partial charge in [-0.05, 0) is 32.4 Å². The van der Waals surface area contributed by atoms with Crippen LogP contribution in [0.25, 0.3) is 0 Å². The molecule has 2 heteroatoms. The lowest BCUT2D eigenvalue weighted by Gasteiger charge is -2.23. The van der Waals surface area contributed by atoms with Gasteiger partial charge >= 0.3 is 0 Å². The van der Waals surface area contributed by atoms with Crippen LogP contribution in [0.1, 0.15) is 19.3 Å². The molecular weight excluding hydrogens is 136 g/mol. The highest BCUT2D eigenvalue weighted by atomic mass is 15.2. The zero-order valence-electron chi connectivity index (χ0n) is 7.34. The van der Waals surface area contributed by atoms with Crippen molar-refractivity contribution in [3.63, 3.8) is 0 Å². The molecule has 2 aliphatic heterocycles. The predicted octanol–water partition coefficient (Wildman–Crippen LogP) is 0.690. The van der Waals surface area contributed by atoms with Crippen LogP contribution >= 0.6 is 0 Å². The van der Waals surface area contributed by atoms with Gasteiger partial charge in [-0.15, -0.1) is 0 Å². The van der Waals surface area contributed by atoms with Crippen molar-refractivity contribution in [3.8, 4) is 0 Å². The van der Waals surface area contributed by atoms with Gasteiger partial charge in [0.05, 0.1) is 0 Å². The second-order valence-corrected chi connectivity index (χ2v) is 4.12. The molecule has 2 rings (SSSR count). The molecule has 2 fully saturated rings. The van der Waals surface area contributed by atoms with Crippen molar-refractivity contribution in [2.24, 2.45) is 5.92 Å². The molecule has 2 atom stereocenters. The van der Waals surface area contributed by atoms with E-state index in [-0.39, 0.29) is 0 Å². The van der Waals surface area contributed by atoms with Crippen molar-refractivity contribution in [1.29, 1.82) is 0 Å². The minimum absolute atomic E-state index is 0.785. The van der Waals surface area contributed by atoms with Crippen LogP contribution in [0.15, 0.2) is 0 Å². The fourth-order valence-corrected chi connectivity index (χ4v) is 2.39. The number of nitrogens with zero attached hydrogens (tertiary/aromatic N) is 1. The smallest absolute Gasteiger partial charge is 0.0195 e. The number of likely N-dealkylation sites (tertiary alicyclic amines) is 1. The van der Waals surface area contributed by atoms with E-state index in [4.69, 9.17) is 0 Å². The molecule has 0 aromatic rings. The summed E-state index contributed by atoms with van der Waals surface area (Å²) < 4.78 is 0. The van der Waals surface area contributed by atoms with Crippen molar-refractivity contribution in [2.45, 2.75) is 25.3 Å². The second-order valence-electron chi connectivity index (χ2n) is 4.12. The Balaban J connectivity index is 2.04. The van der Waals surface area contributed by atoms with Crippen LogP contribution < -0.4 is 5.32 Å². The van der Waals surface area contributed by atoms with Crippen molar-refractivity contribution in [3.05, 3.63) is 0 Å². The lowest BCUT2D eigenvalue weighted by atomic mass is 10.0. The van der Waals surface area contributed by atoms with Crippen LogP contribution in [-0.4, -0.2) is 37.6 Å². The molecule has 1 N–H and O–H groups in total. The van der Waals surface area contributed by atoms with E-state index in [1.807, 2.05) is 0 Å². The standard InChI is InChI=1S/C9H18N2/c1-11-6-8-3-2-4-9(7-11)10-5-8/h8-10H,2-7H2,1H3. The summed E-state index contributed by atoms with van der Waals surface area (Å²) in [5, 5.41) is 3.63. The topological polar surface area (TPSA) is 15.3 Å². The van der Waals surface area contributed by atoms with Crippen LogP contribution in [0.4, 0.5) is 0 Å². The Hall–Kier alpha value is -0.0800. The summed E-state index contributed by atoms with van der Waals surface area (Å²) in [5.41, 5.74) is 0. The molecule has 2 heterocycles. The van der Waals surface area contributed by atoms with Gasteiger partial charge in [-0.2, -0.15) is 0 Å². The van der Waals surface area contributed by atoms with Crippen molar-refractivity contribution >= 4 is 0 Å². The fourth-order valence-electron chi connectivity index (χ4n) is 2.39. The molecule has 11 heavy (non-hydrogen) atoms. The van der Waals surface area contributed by atoms with Gasteiger partial charge in [0.2, 0.25) is 0 Å². The van der Waals surface area contributed by atoms with Crippen molar-refractivity contribution in [2.75, 3.05) is 26.7 Å². The van der Waals surface area contributed by atoms with Crippen molar-refractivity contribution < 1.29 is 0 Å². The van der Waals surface area contributed by atoms with Gasteiger partial charge in [-0.1, -0.05) is 6.42 Å². The Morgan fingerprint density at radius 3 is 3.09 bits per heavy atom. The third-order valence-electron chi connectivity index (χ3n) is 2.96. The highest BCUT2D eigenvalue weighted by Crippen LogP contribution is 2.19. The Labute approximate surface area is 69.0 Å². The van der Waals surface area contributed by atoms with Gasteiger partial charge in [-0.3, -0.25) is 0 Å². The molecule has 2 aliphatic rings. The quantitative estimate of drug-likeness (QED) is 0.552. The van der Waals surface area contributed by atoms with E-state index >= 15 is 0 Å². The number of rotatable bonds is 0. The first kappa shape index (κ1) is 7.56. The monoisotopic (exact) mass is 154 g/mol. The third kappa shape index (κ3) is 1.74. The zero-order chi connectivity index (χ0) is 7.68. The van der Waals surface area contributed by atoms with Gasteiger partial charge in [0.25, 0.3) is 0 Å². The highest BCUT2D eigenvalue weighted by Gasteiger charge is 2.24. The van der Waals surface area contributed by atoms with E-state index in [1.54, 1.807) is 0 Å². The molecule has 2 bridgehead atoms. The Kier molecular flexibility index (Phi) is 2.14. The Morgan fingerprint density at radius 1 is 1.27 bits per heavy atom. The van der Waals surface area contributed by atoms with Crippen LogP contribution in [0.5, 0.6) is 0 Å². The SMILES string of the molecule is CN1CC2CCCC(C1)NC2. The summed E-state index contributed by atoms with van der Waals surface area (Å²) in [6.07, 6.45) is 4.27. The lowest BCUT2D eigenvalue weighted by Crippen LogP contribution is -2.35. The van der Waals surface area contributed by atoms with Gasteiger partial charge in [-0.25, -0.2) is 0 Å². The molecule has 2 saturated heterocycles. The van der Waals surface area contributed by atoms with Gasteiger partial charge < -0.3 is 10.2 Å². The third-order valence-corrected chi connectivity index (χ3v) is 2.96. The summed E-state index contributed by atoms with van der Waals surface area (Å²) in [6.45, 7) is 3.83. The molecule has 0 aromatic heterocycles. The first-order valence-electron chi connectivity index (χ1n) is 4.76. The van der Waals surface area contributed by atoms with Gasteiger partial charge in [0.15, 0.2) is 0 Å². The van der Waals surface area contributed by atoms with E-state index in [9.17, 15) is 0 Å². The molecular formula is C9H18N2. The summed E-state index contributed by atoms with van der Waals surface area (Å²) in [5.74, 6) is 0.924. The second kappa shape index (κ2) is 3.11. The van der Waals surface area contributed by atoms with E-state index in [0.717, 1.165) is 12.0 Å². The van der Waals surface area contributed by atoms with Crippen molar-refractivity contribution in [1.82, 2.24) is 10.2 Å². The molecule has 2 nitrogen and oxygen atoms in total. The van der Waals surface area contributed by atoms with Crippen LogP contribution in [0, 0.1) is 5.92 Å². The zero-order valence-corrected chi connectivity index (χ0v) is 7.34. The van der Waals surface area contributed by atoms with E-state index in [2.05, 4.69) is 17.3 Å². The average molecular weight is 154 g/mol.